The summed E-state index contributed by atoms with van der Waals surface area (Å²) in [4.78, 5) is 27.7. The van der Waals surface area contributed by atoms with Crippen LogP contribution in [0.25, 0.3) is 0 Å². The molecule has 0 saturated carbocycles. The monoisotopic (exact) mass is 513 g/mol. The summed E-state index contributed by atoms with van der Waals surface area (Å²) >= 11 is 0. The molecule has 10 heteroatoms. The van der Waals surface area contributed by atoms with Crippen LogP contribution in [0.2, 0.25) is 0 Å². The quantitative estimate of drug-likeness (QED) is 0.378. The van der Waals surface area contributed by atoms with Gasteiger partial charge in [0.25, 0.3) is 11.8 Å². The second-order valence-corrected chi connectivity index (χ2v) is 8.76. The van der Waals surface area contributed by atoms with E-state index in [1.54, 1.807) is 29.2 Å². The van der Waals surface area contributed by atoms with Crippen molar-refractivity contribution in [1.29, 1.82) is 0 Å². The third-order valence-corrected chi connectivity index (χ3v) is 6.15. The molecule has 2 aliphatic rings. The van der Waals surface area contributed by atoms with E-state index in [1.165, 1.54) is 0 Å². The molecule has 0 unspecified atom stereocenters. The number of fused-ring (bicyclic) bond motifs is 2. The van der Waals surface area contributed by atoms with Gasteiger partial charge in [0, 0.05) is 24.7 Å². The molecule has 2 amide bonds. The summed E-state index contributed by atoms with van der Waals surface area (Å²) in [7, 11) is 0. The fourth-order valence-corrected chi connectivity index (χ4v) is 4.23. The van der Waals surface area contributed by atoms with Gasteiger partial charge < -0.3 is 33.7 Å². The molecule has 10 nitrogen and oxygen atoms in total. The van der Waals surface area contributed by atoms with Crippen molar-refractivity contribution >= 4 is 11.8 Å². The third-order valence-electron chi connectivity index (χ3n) is 6.15. The maximum atomic E-state index is 13.4. The minimum atomic E-state index is -0.394. The van der Waals surface area contributed by atoms with Gasteiger partial charge in [0.15, 0.2) is 34.5 Å². The van der Waals surface area contributed by atoms with E-state index in [0.717, 1.165) is 11.1 Å². The first-order valence-corrected chi connectivity index (χ1v) is 12.0. The van der Waals surface area contributed by atoms with Crippen molar-refractivity contribution in [2.24, 2.45) is 0 Å². The van der Waals surface area contributed by atoms with Gasteiger partial charge in [-0.25, -0.2) is 0 Å². The Morgan fingerprint density at radius 2 is 1.42 bits per heavy atom. The Morgan fingerprint density at radius 1 is 0.763 bits per heavy atom. The number of carbonyl (C=O) groups excluding carboxylic acids is 2. The van der Waals surface area contributed by atoms with Gasteiger partial charge in [0.2, 0.25) is 13.6 Å². The van der Waals surface area contributed by atoms with Gasteiger partial charge in [-0.2, -0.15) is 0 Å². The largest absolute Gasteiger partial charge is 0.454 e. The van der Waals surface area contributed by atoms with Crippen molar-refractivity contribution in [3.05, 3.63) is 101 Å². The topological polar surface area (TPSA) is 112 Å². The summed E-state index contributed by atoms with van der Waals surface area (Å²) in [6, 6.07) is 21.5. The molecule has 38 heavy (non-hydrogen) atoms. The van der Waals surface area contributed by atoms with Crippen LogP contribution in [0.3, 0.4) is 0 Å². The molecular weight excluding hydrogens is 490 g/mol. The van der Waals surface area contributed by atoms with Gasteiger partial charge in [0.05, 0.1) is 6.54 Å². The average molecular weight is 514 g/mol. The molecule has 0 spiro atoms. The van der Waals surface area contributed by atoms with Gasteiger partial charge in [-0.1, -0.05) is 35.5 Å². The van der Waals surface area contributed by atoms with Crippen LogP contribution in [0.1, 0.15) is 37.7 Å². The summed E-state index contributed by atoms with van der Waals surface area (Å²) in [5.41, 5.74) is 2.37. The number of benzene rings is 3. The van der Waals surface area contributed by atoms with Crippen LogP contribution in [-0.4, -0.2) is 35.5 Å². The molecule has 0 atom stereocenters. The summed E-state index contributed by atoms with van der Waals surface area (Å²) in [5.74, 6) is 2.42. The fourth-order valence-electron chi connectivity index (χ4n) is 4.23. The lowest BCUT2D eigenvalue weighted by Crippen LogP contribution is -2.30. The summed E-state index contributed by atoms with van der Waals surface area (Å²) < 4.78 is 27.0. The van der Waals surface area contributed by atoms with Gasteiger partial charge in [0.1, 0.15) is 0 Å². The Kier molecular flexibility index (Phi) is 6.27. The number of nitrogens with one attached hydrogen (secondary N) is 1. The van der Waals surface area contributed by atoms with E-state index in [0.29, 0.717) is 34.3 Å². The molecule has 4 aromatic rings. The molecule has 6 rings (SSSR count). The molecule has 0 fully saturated rings. The van der Waals surface area contributed by atoms with Crippen molar-refractivity contribution in [1.82, 2.24) is 15.4 Å². The lowest BCUT2D eigenvalue weighted by molar-refractivity contribution is 0.0712. The van der Waals surface area contributed by atoms with E-state index < -0.39 is 5.91 Å². The fraction of sp³-hybridized carbons (Fsp3) is 0.179. The number of amides is 2. The molecule has 0 radical (unpaired) electrons. The number of aromatic nitrogens is 1. The number of rotatable bonds is 8. The van der Waals surface area contributed by atoms with E-state index >= 15 is 0 Å². The molecule has 2 aliphatic heterocycles. The number of hydrogen-bond acceptors (Lipinski definition) is 8. The second kappa shape index (κ2) is 10.2. The number of nitrogens with zero attached hydrogens (tertiary/aromatic N) is 2. The zero-order chi connectivity index (χ0) is 25.9. The van der Waals surface area contributed by atoms with Crippen LogP contribution in [0.5, 0.6) is 23.0 Å². The molecule has 1 aromatic heterocycles. The molecule has 3 aromatic carbocycles. The smallest absolute Gasteiger partial charge is 0.273 e. The molecular formula is C28H23N3O7. The SMILES string of the molecule is O=C(NCc1ccc2c(c1)OCO2)c1cc(CN(Cc2ccc3c(c2)OCO3)C(=O)c2ccccc2)on1. The highest BCUT2D eigenvalue weighted by Gasteiger charge is 2.22. The Balaban J connectivity index is 1.15. The zero-order valence-corrected chi connectivity index (χ0v) is 20.2. The lowest BCUT2D eigenvalue weighted by atomic mass is 10.1. The van der Waals surface area contributed by atoms with Crippen LogP contribution >= 0.6 is 0 Å². The summed E-state index contributed by atoms with van der Waals surface area (Å²) in [6.45, 7) is 1.04. The van der Waals surface area contributed by atoms with E-state index in [1.807, 2.05) is 48.5 Å². The van der Waals surface area contributed by atoms with E-state index in [-0.39, 0.29) is 44.8 Å². The van der Waals surface area contributed by atoms with Gasteiger partial charge in [-0.15, -0.1) is 0 Å². The predicted molar refractivity (Wildman–Crippen MR) is 133 cm³/mol. The maximum Gasteiger partial charge on any atom is 0.273 e. The lowest BCUT2D eigenvalue weighted by Gasteiger charge is -2.22. The molecule has 192 valence electrons. The Bertz CT molecular complexity index is 1490. The first-order valence-electron chi connectivity index (χ1n) is 12.0. The first kappa shape index (κ1) is 23.4. The Labute approximate surface area is 217 Å². The standard InChI is InChI=1S/C28H23N3O7/c32-27(29-13-18-6-8-23-25(10-18)36-16-34-23)22-12-21(38-30-22)15-31(28(33)20-4-2-1-3-5-20)14-19-7-9-24-26(11-19)37-17-35-24/h1-12H,13-17H2,(H,29,32). The summed E-state index contributed by atoms with van der Waals surface area (Å²) in [5, 5.41) is 6.74. The van der Waals surface area contributed by atoms with Crippen molar-refractivity contribution in [2.75, 3.05) is 13.6 Å². The van der Waals surface area contributed by atoms with Gasteiger partial charge in [-0.3, -0.25) is 9.59 Å². The maximum absolute atomic E-state index is 13.4. The highest BCUT2D eigenvalue weighted by molar-refractivity contribution is 5.94. The van der Waals surface area contributed by atoms with Crippen molar-refractivity contribution in [3.63, 3.8) is 0 Å². The van der Waals surface area contributed by atoms with Crippen LogP contribution in [-0.2, 0) is 19.6 Å². The van der Waals surface area contributed by atoms with E-state index in [4.69, 9.17) is 23.5 Å². The third kappa shape index (κ3) is 4.96. The Hall–Kier alpha value is -4.99. The highest BCUT2D eigenvalue weighted by atomic mass is 16.7. The number of carbonyl (C=O) groups is 2. The van der Waals surface area contributed by atoms with Crippen LogP contribution in [0.4, 0.5) is 0 Å². The van der Waals surface area contributed by atoms with E-state index in [9.17, 15) is 9.59 Å². The van der Waals surface area contributed by atoms with Crippen LogP contribution in [0, 0.1) is 0 Å². The van der Waals surface area contributed by atoms with Crippen molar-refractivity contribution in [3.8, 4) is 23.0 Å². The Morgan fingerprint density at radius 3 is 2.16 bits per heavy atom. The number of ether oxygens (including phenoxy) is 4. The molecule has 0 saturated heterocycles. The molecule has 0 bridgehead atoms. The molecule has 1 N–H and O–H groups in total. The predicted octanol–water partition coefficient (Wildman–Crippen LogP) is 3.90. The van der Waals surface area contributed by atoms with E-state index in [2.05, 4.69) is 10.5 Å². The van der Waals surface area contributed by atoms with Crippen LogP contribution < -0.4 is 24.3 Å². The zero-order valence-electron chi connectivity index (χ0n) is 20.2. The average Bonchev–Trinajstić information content (AvgIpc) is 3.72. The van der Waals surface area contributed by atoms with Gasteiger partial charge in [-0.05, 0) is 47.5 Å². The van der Waals surface area contributed by atoms with Crippen molar-refractivity contribution in [2.45, 2.75) is 19.6 Å². The molecule has 3 heterocycles. The minimum absolute atomic E-state index is 0.116. The number of hydrogen-bond donors (Lipinski definition) is 1. The van der Waals surface area contributed by atoms with Crippen molar-refractivity contribution < 1.29 is 33.1 Å². The minimum Gasteiger partial charge on any atom is -0.454 e. The highest BCUT2D eigenvalue weighted by Crippen LogP contribution is 2.33. The normalized spacial score (nSPS) is 12.8. The van der Waals surface area contributed by atoms with Gasteiger partial charge >= 0.3 is 0 Å². The molecule has 0 aliphatic carbocycles. The first-order chi connectivity index (χ1) is 18.6. The second-order valence-electron chi connectivity index (χ2n) is 8.76. The summed E-state index contributed by atoms with van der Waals surface area (Å²) in [6.07, 6.45) is 0. The van der Waals surface area contributed by atoms with Crippen LogP contribution in [0.15, 0.2) is 77.3 Å².